The smallest absolute Gasteiger partial charge is 0.263 e. The molecule has 0 N–H and O–H groups in total. The summed E-state index contributed by atoms with van der Waals surface area (Å²) in [6.07, 6.45) is -0.481. The largest absolute Gasteiger partial charge is 0.497 e. The molecule has 1 aliphatic rings. The van der Waals surface area contributed by atoms with Crippen LogP contribution in [0.4, 0.5) is 0 Å². The summed E-state index contributed by atoms with van der Waals surface area (Å²) in [4.78, 5) is 16.6. The van der Waals surface area contributed by atoms with Gasteiger partial charge in [0, 0.05) is 32.2 Å². The Balaban J connectivity index is 1.90. The summed E-state index contributed by atoms with van der Waals surface area (Å²) in [5.41, 5.74) is 0. The normalized spacial score (nSPS) is 17.4. The van der Waals surface area contributed by atoms with Gasteiger partial charge in [0.1, 0.15) is 11.5 Å². The van der Waals surface area contributed by atoms with Crippen molar-refractivity contribution in [1.29, 1.82) is 0 Å². The van der Waals surface area contributed by atoms with Gasteiger partial charge >= 0.3 is 0 Å². The fourth-order valence-corrected chi connectivity index (χ4v) is 2.47. The average Bonchev–Trinajstić information content (AvgIpc) is 2.54. The van der Waals surface area contributed by atoms with Gasteiger partial charge in [0.05, 0.1) is 7.11 Å². The second kappa shape index (κ2) is 7.31. The van der Waals surface area contributed by atoms with Crippen molar-refractivity contribution in [1.82, 2.24) is 9.80 Å². The van der Waals surface area contributed by atoms with E-state index in [0.29, 0.717) is 5.75 Å². The van der Waals surface area contributed by atoms with E-state index in [2.05, 4.69) is 11.8 Å². The second-order valence-corrected chi connectivity index (χ2v) is 5.20. The molecule has 0 aliphatic carbocycles. The van der Waals surface area contributed by atoms with E-state index in [-0.39, 0.29) is 5.91 Å². The van der Waals surface area contributed by atoms with E-state index in [1.807, 2.05) is 23.1 Å². The minimum atomic E-state index is -0.481. The van der Waals surface area contributed by atoms with Crippen molar-refractivity contribution in [2.45, 2.75) is 20.0 Å². The molecule has 1 aliphatic heterocycles. The molecule has 116 valence electrons. The van der Waals surface area contributed by atoms with Crippen molar-refractivity contribution in [3.63, 3.8) is 0 Å². The first-order valence-electron chi connectivity index (χ1n) is 7.46. The number of piperazine rings is 1. The third kappa shape index (κ3) is 4.11. The molecule has 0 spiro atoms. The first kappa shape index (κ1) is 15.6. The van der Waals surface area contributed by atoms with Gasteiger partial charge in [0.2, 0.25) is 0 Å². The third-order valence-electron chi connectivity index (χ3n) is 3.83. The minimum Gasteiger partial charge on any atom is -0.497 e. The third-order valence-corrected chi connectivity index (χ3v) is 3.83. The molecule has 5 heteroatoms. The first-order valence-corrected chi connectivity index (χ1v) is 7.46. The molecule has 1 heterocycles. The highest BCUT2D eigenvalue weighted by molar-refractivity contribution is 5.81. The van der Waals surface area contributed by atoms with E-state index in [1.165, 1.54) is 0 Å². The molecular formula is C16H24N2O3. The Kier molecular flexibility index (Phi) is 5.44. The number of amides is 1. The van der Waals surface area contributed by atoms with Crippen LogP contribution >= 0.6 is 0 Å². The van der Waals surface area contributed by atoms with Crippen molar-refractivity contribution in [3.8, 4) is 11.5 Å². The van der Waals surface area contributed by atoms with Gasteiger partial charge in [-0.2, -0.15) is 0 Å². The summed E-state index contributed by atoms with van der Waals surface area (Å²) < 4.78 is 10.9. The standard InChI is InChI=1S/C16H24N2O3/c1-4-17-8-10-18(11-9-17)16(19)13(2)21-15-7-5-6-14(12-15)20-3/h5-7,12-13H,4,8-11H2,1-3H3/t13-/m0/s1. The molecule has 1 saturated heterocycles. The van der Waals surface area contributed by atoms with E-state index in [0.717, 1.165) is 38.5 Å². The lowest BCUT2D eigenvalue weighted by atomic mass is 10.2. The maximum atomic E-state index is 12.4. The molecule has 1 aromatic rings. The zero-order valence-electron chi connectivity index (χ0n) is 13.0. The number of likely N-dealkylation sites (N-methyl/N-ethyl adjacent to an activating group) is 1. The Labute approximate surface area is 126 Å². The summed E-state index contributed by atoms with van der Waals surface area (Å²) in [7, 11) is 1.61. The van der Waals surface area contributed by atoms with Gasteiger partial charge in [-0.3, -0.25) is 4.79 Å². The van der Waals surface area contributed by atoms with E-state index < -0.39 is 6.10 Å². The van der Waals surface area contributed by atoms with Gasteiger partial charge in [0.25, 0.3) is 5.91 Å². The molecule has 0 saturated carbocycles. The second-order valence-electron chi connectivity index (χ2n) is 5.20. The van der Waals surface area contributed by atoms with E-state index in [4.69, 9.17) is 9.47 Å². The summed E-state index contributed by atoms with van der Waals surface area (Å²) in [5.74, 6) is 1.43. The van der Waals surface area contributed by atoms with Crippen LogP contribution in [0.2, 0.25) is 0 Å². The van der Waals surface area contributed by atoms with Crippen LogP contribution in [-0.4, -0.2) is 61.6 Å². The number of nitrogens with zero attached hydrogens (tertiary/aromatic N) is 2. The maximum absolute atomic E-state index is 12.4. The van der Waals surface area contributed by atoms with Crippen LogP contribution in [0.5, 0.6) is 11.5 Å². The van der Waals surface area contributed by atoms with Gasteiger partial charge in [0.15, 0.2) is 6.10 Å². The molecule has 0 bridgehead atoms. The molecule has 2 rings (SSSR count). The van der Waals surface area contributed by atoms with Crippen LogP contribution in [0.25, 0.3) is 0 Å². The van der Waals surface area contributed by atoms with E-state index in [1.54, 1.807) is 20.1 Å². The van der Waals surface area contributed by atoms with Crippen molar-refractivity contribution < 1.29 is 14.3 Å². The average molecular weight is 292 g/mol. The van der Waals surface area contributed by atoms with Crippen molar-refractivity contribution in [3.05, 3.63) is 24.3 Å². The maximum Gasteiger partial charge on any atom is 0.263 e. The van der Waals surface area contributed by atoms with E-state index in [9.17, 15) is 4.79 Å². The zero-order valence-corrected chi connectivity index (χ0v) is 13.0. The van der Waals surface area contributed by atoms with Crippen LogP contribution in [0.1, 0.15) is 13.8 Å². The lowest BCUT2D eigenvalue weighted by molar-refractivity contribution is -0.139. The van der Waals surface area contributed by atoms with Gasteiger partial charge in [-0.1, -0.05) is 13.0 Å². The molecule has 1 aromatic carbocycles. The Bertz CT molecular complexity index is 470. The SMILES string of the molecule is CCN1CCN(C(=O)[C@H](C)Oc2cccc(OC)c2)CC1. The summed E-state index contributed by atoms with van der Waals surface area (Å²) >= 11 is 0. The van der Waals surface area contributed by atoms with Gasteiger partial charge in [-0.25, -0.2) is 0 Å². The van der Waals surface area contributed by atoms with Crippen LogP contribution in [-0.2, 0) is 4.79 Å². The quantitative estimate of drug-likeness (QED) is 0.827. The fraction of sp³-hybridized carbons (Fsp3) is 0.562. The molecule has 1 fully saturated rings. The number of carbonyl (C=O) groups is 1. The van der Waals surface area contributed by atoms with Crippen LogP contribution in [0, 0.1) is 0 Å². The van der Waals surface area contributed by atoms with Crippen molar-refractivity contribution in [2.75, 3.05) is 39.8 Å². The monoisotopic (exact) mass is 292 g/mol. The lowest BCUT2D eigenvalue weighted by Gasteiger charge is -2.35. The first-order chi connectivity index (χ1) is 10.1. The fourth-order valence-electron chi connectivity index (χ4n) is 2.47. The van der Waals surface area contributed by atoms with E-state index >= 15 is 0 Å². The minimum absolute atomic E-state index is 0.0496. The Morgan fingerprint density at radius 2 is 1.90 bits per heavy atom. The molecule has 21 heavy (non-hydrogen) atoms. The van der Waals surface area contributed by atoms with Crippen molar-refractivity contribution in [2.24, 2.45) is 0 Å². The van der Waals surface area contributed by atoms with Gasteiger partial charge in [-0.05, 0) is 25.6 Å². The molecule has 0 radical (unpaired) electrons. The van der Waals surface area contributed by atoms with Crippen LogP contribution in [0.15, 0.2) is 24.3 Å². The highest BCUT2D eigenvalue weighted by Crippen LogP contribution is 2.20. The number of benzene rings is 1. The summed E-state index contributed by atoms with van der Waals surface area (Å²) in [6, 6.07) is 7.33. The van der Waals surface area contributed by atoms with Crippen LogP contribution in [0.3, 0.4) is 0 Å². The zero-order chi connectivity index (χ0) is 15.2. The highest BCUT2D eigenvalue weighted by atomic mass is 16.5. The molecule has 0 aromatic heterocycles. The number of methoxy groups -OCH3 is 1. The van der Waals surface area contributed by atoms with Gasteiger partial charge in [-0.15, -0.1) is 0 Å². The topological polar surface area (TPSA) is 42.0 Å². The predicted octanol–water partition coefficient (Wildman–Crippen LogP) is 1.63. The number of rotatable bonds is 5. The molecule has 1 amide bonds. The molecule has 1 atom stereocenters. The lowest BCUT2D eigenvalue weighted by Crippen LogP contribution is -2.51. The molecular weight excluding hydrogens is 268 g/mol. The Morgan fingerprint density at radius 1 is 1.24 bits per heavy atom. The summed E-state index contributed by atoms with van der Waals surface area (Å²) in [5, 5.41) is 0. The summed E-state index contributed by atoms with van der Waals surface area (Å²) in [6.45, 7) is 8.41. The molecule has 5 nitrogen and oxygen atoms in total. The number of ether oxygens (including phenoxy) is 2. The van der Waals surface area contributed by atoms with Crippen LogP contribution < -0.4 is 9.47 Å². The number of hydrogen-bond acceptors (Lipinski definition) is 4. The number of carbonyl (C=O) groups excluding carboxylic acids is 1. The van der Waals surface area contributed by atoms with Crippen molar-refractivity contribution >= 4 is 5.91 Å². The molecule has 0 unspecified atom stereocenters. The Morgan fingerprint density at radius 3 is 2.52 bits per heavy atom. The Hall–Kier alpha value is -1.75. The van der Waals surface area contributed by atoms with Gasteiger partial charge < -0.3 is 19.3 Å². The number of hydrogen-bond donors (Lipinski definition) is 0. The predicted molar refractivity (Wildman–Crippen MR) is 81.8 cm³/mol. The highest BCUT2D eigenvalue weighted by Gasteiger charge is 2.25.